The number of aliphatic carboxylic acids is 2. The molecule has 1 saturated heterocycles. The minimum Gasteiger partial charge on any atom is -0.508 e. The van der Waals surface area contributed by atoms with Gasteiger partial charge in [-0.2, -0.15) is 0 Å². The van der Waals surface area contributed by atoms with Gasteiger partial charge in [-0.1, -0.05) is 53.2 Å². The number of aliphatic hydroxyl groups is 2. The third kappa shape index (κ3) is 25.9. The maximum Gasteiger partial charge on any atom is 0.303 e. The maximum absolute atomic E-state index is 14.3. The van der Waals surface area contributed by atoms with E-state index in [0.29, 0.717) is 5.56 Å². The highest BCUT2D eigenvalue weighted by atomic mass is 16.4. The zero-order valence-corrected chi connectivity index (χ0v) is 50.2. The van der Waals surface area contributed by atoms with E-state index in [2.05, 4.69) is 53.2 Å². The van der Waals surface area contributed by atoms with E-state index in [1.807, 2.05) is 0 Å². The van der Waals surface area contributed by atoms with E-state index in [-0.39, 0.29) is 50.8 Å². The average molecular weight is 1260 g/mol. The first-order chi connectivity index (χ1) is 41.7. The highest BCUT2D eigenvalue weighted by Crippen LogP contribution is 2.22. The number of nitrogens with one attached hydrogen (secondary N) is 10. The molecule has 0 bridgehead atoms. The Morgan fingerprint density at radius 2 is 1.03 bits per heavy atom. The Balaban J connectivity index is 2.23. The van der Waals surface area contributed by atoms with E-state index in [1.54, 1.807) is 20.8 Å². The molecule has 13 amide bonds. The molecule has 1 unspecified atom stereocenters. The number of phenols is 1. The molecule has 10 atom stereocenters. The normalized spacial score (nSPS) is 15.8. The van der Waals surface area contributed by atoms with Gasteiger partial charge in [0.2, 0.25) is 76.7 Å². The van der Waals surface area contributed by atoms with Gasteiger partial charge in [-0.15, -0.1) is 0 Å². The number of aliphatic hydroxyl groups excluding tert-OH is 2. The number of aromatic hydroxyl groups is 1. The Morgan fingerprint density at radius 3 is 1.54 bits per heavy atom. The lowest BCUT2D eigenvalue weighted by molar-refractivity contribution is -0.144. The lowest BCUT2D eigenvalue weighted by atomic mass is 9.98. The molecule has 1 aliphatic rings. The van der Waals surface area contributed by atoms with Gasteiger partial charge >= 0.3 is 11.9 Å². The molecule has 19 N–H and O–H groups in total. The van der Waals surface area contributed by atoms with Crippen LogP contribution in [0.1, 0.15) is 111 Å². The highest BCUT2D eigenvalue weighted by Gasteiger charge is 2.42. The summed E-state index contributed by atoms with van der Waals surface area (Å²) in [5.74, 6) is -18.6. The van der Waals surface area contributed by atoms with Crippen molar-refractivity contribution in [2.24, 2.45) is 23.3 Å². The minimum atomic E-state index is -1.85. The number of phenolic OH excluding ortho intramolecular Hbond substituents is 1. The number of carboxylic acid groups (broad SMARTS) is 2. The topological polar surface area (TPSA) is 550 Å². The molecule has 0 radical (unpaired) electrons. The maximum atomic E-state index is 14.3. The van der Waals surface area contributed by atoms with Crippen molar-refractivity contribution < 1.29 is 102 Å². The summed E-state index contributed by atoms with van der Waals surface area (Å²) >= 11 is 0. The van der Waals surface area contributed by atoms with Gasteiger partial charge in [-0.25, -0.2) is 0 Å². The van der Waals surface area contributed by atoms with Gasteiger partial charge in [0.25, 0.3) is 5.91 Å². The summed E-state index contributed by atoms with van der Waals surface area (Å²) in [4.78, 5) is 209. The van der Waals surface area contributed by atoms with Crippen LogP contribution in [0, 0.1) is 11.8 Å². The lowest BCUT2D eigenvalue weighted by Crippen LogP contribution is -2.61. The molecule has 1 aliphatic heterocycles. The second-order valence-electron chi connectivity index (χ2n) is 21.7. The molecule has 1 aromatic rings. The smallest absolute Gasteiger partial charge is 0.303 e. The van der Waals surface area contributed by atoms with Crippen molar-refractivity contribution in [1.29, 1.82) is 0 Å². The first-order valence-electron chi connectivity index (χ1n) is 28.6. The minimum absolute atomic E-state index is 0.00101. The number of nitrogens with zero attached hydrogens (tertiary/aromatic N) is 1. The summed E-state index contributed by atoms with van der Waals surface area (Å²) in [6, 6.07) is -9.89. The Kier molecular flexibility index (Phi) is 31.8. The number of carbonyl (C=O) groups is 16. The number of hydrogen-bond acceptors (Lipinski definition) is 19. The van der Waals surface area contributed by atoms with Crippen LogP contribution in [0.5, 0.6) is 5.75 Å². The van der Waals surface area contributed by atoms with Crippen LogP contribution in [0.15, 0.2) is 24.3 Å². The summed E-state index contributed by atoms with van der Waals surface area (Å²) in [5.41, 5.74) is 10.9. The van der Waals surface area contributed by atoms with E-state index >= 15 is 0 Å². The number of rotatable bonds is 39. The molecule has 0 spiro atoms. The zero-order chi connectivity index (χ0) is 67.4. The molecule has 0 aliphatic carbocycles. The van der Waals surface area contributed by atoms with E-state index in [4.69, 9.17) is 16.6 Å². The van der Waals surface area contributed by atoms with E-state index in [9.17, 15) is 97.1 Å². The van der Waals surface area contributed by atoms with Crippen LogP contribution >= 0.6 is 0 Å². The third-order valence-corrected chi connectivity index (χ3v) is 13.8. The number of ketones is 1. The summed E-state index contributed by atoms with van der Waals surface area (Å²) < 4.78 is 0. The number of carbonyl (C=O) groups excluding carboxylic acids is 14. The number of amides is 13. The summed E-state index contributed by atoms with van der Waals surface area (Å²) in [5, 5.41) is 71.1. The van der Waals surface area contributed by atoms with E-state index < -0.39 is 219 Å². The van der Waals surface area contributed by atoms with Crippen molar-refractivity contribution in [3.8, 4) is 5.75 Å². The molecule has 89 heavy (non-hydrogen) atoms. The first-order valence-corrected chi connectivity index (χ1v) is 28.6. The molecule has 1 aromatic carbocycles. The molecule has 1 fully saturated rings. The van der Waals surface area contributed by atoms with E-state index in [0.717, 1.165) is 6.92 Å². The van der Waals surface area contributed by atoms with Gasteiger partial charge < -0.3 is 95.1 Å². The van der Waals surface area contributed by atoms with Crippen LogP contribution in [0.2, 0.25) is 0 Å². The van der Waals surface area contributed by atoms with Crippen molar-refractivity contribution in [3.05, 3.63) is 29.8 Å². The van der Waals surface area contributed by atoms with Crippen LogP contribution in [0.4, 0.5) is 0 Å². The van der Waals surface area contributed by atoms with Crippen LogP contribution in [0.3, 0.4) is 0 Å². The predicted molar refractivity (Wildman–Crippen MR) is 308 cm³/mol. The molecule has 0 aromatic heterocycles. The van der Waals surface area contributed by atoms with Gasteiger partial charge in [-0.05, 0) is 68.1 Å². The molecule has 494 valence electrons. The number of hydrogen-bond donors (Lipinski definition) is 17. The second kappa shape index (κ2) is 37.4. The number of likely N-dealkylation sites (tertiary alicyclic amines) is 1. The van der Waals surface area contributed by atoms with Gasteiger partial charge in [0, 0.05) is 39.2 Å². The third-order valence-electron chi connectivity index (χ3n) is 13.8. The average Bonchev–Trinajstić information content (AvgIpc) is 2.17. The SMILES string of the molecule is CCC[C@H](NC(=O)C1CCCN1C(=O)[C@@H](NC(=O)[C@@H](NC(=O)[C@H](CCC(=O)O)NC(=O)[C@H](CCC(=O)O)NC(C)=O)C(C)C)C(C)C)C(=O)C(=O)NCC(=O)N[C@@H](CCC(N)=O)C(=O)N[C@H](CO)C(=O)N[C@@H](Cc1ccc(O)cc1)C(=O)N[C@@H](CO)C(N)=O. The Bertz CT molecular complexity index is 2750. The van der Waals surface area contributed by atoms with Crippen molar-refractivity contribution in [1.82, 2.24) is 58.1 Å². The number of Topliss-reactive ketones (excluding diaryl/α,β-unsaturated/α-hetero) is 1. The van der Waals surface area contributed by atoms with Crippen molar-refractivity contribution in [3.63, 3.8) is 0 Å². The van der Waals surface area contributed by atoms with Crippen molar-refractivity contribution in [2.75, 3.05) is 26.3 Å². The molecular weight excluding hydrogens is 1180 g/mol. The van der Waals surface area contributed by atoms with Crippen LogP contribution in [-0.4, -0.2) is 212 Å². The Labute approximate surface area is 511 Å². The largest absolute Gasteiger partial charge is 0.508 e. The standard InChI is InChI=1S/C55H83N13O21/c1-7-9-31(45(79)54(88)58-23-40(74)60-33(15-18-39(56)73)48(82)65-37(25-70)51(85)63-35(22-29-11-13-30(72)14-12-29)50(84)64-36(24-69)46(57)80)61-52(86)38-10-8-21-68(38)55(89)44(27(4)5)67-53(87)43(26(2)3)66-49(83)34(17-20-42(77)78)62-47(81)32(59-28(6)71)16-19-41(75)76/h11-14,26-27,31-38,43-44,69-70,72H,7-10,15-25H2,1-6H3,(H2,56,73)(H2,57,80)(H,58,88)(H,59,71)(H,60,74)(H,61,86)(H,62,81)(H,63,85)(H,64,84)(H,65,82)(H,66,83)(H,67,87)(H,75,76)(H,77,78)/t31-,32-,33-,34-,35-,36-,37+,38?,43-,44-/m0/s1. The molecule has 0 saturated carbocycles. The second-order valence-corrected chi connectivity index (χ2v) is 21.7. The molecule has 2 rings (SSSR count). The van der Waals surface area contributed by atoms with Crippen molar-refractivity contribution in [2.45, 2.75) is 173 Å². The van der Waals surface area contributed by atoms with Gasteiger partial charge in [0.15, 0.2) is 0 Å². The monoisotopic (exact) mass is 1260 g/mol. The van der Waals surface area contributed by atoms with Crippen LogP contribution in [-0.2, 0) is 83.1 Å². The van der Waals surface area contributed by atoms with Crippen LogP contribution < -0.4 is 64.6 Å². The molecule has 34 heteroatoms. The molecular formula is C55H83N13O21. The molecule has 34 nitrogen and oxygen atoms in total. The number of carboxylic acids is 2. The van der Waals surface area contributed by atoms with E-state index in [1.165, 1.54) is 43.0 Å². The first kappa shape index (κ1) is 75.8. The number of benzene rings is 1. The lowest BCUT2D eigenvalue weighted by Gasteiger charge is -2.33. The molecule has 1 heterocycles. The van der Waals surface area contributed by atoms with Gasteiger partial charge in [0.05, 0.1) is 25.8 Å². The van der Waals surface area contributed by atoms with Crippen molar-refractivity contribution >= 4 is 94.5 Å². The van der Waals surface area contributed by atoms with Crippen LogP contribution in [0.25, 0.3) is 0 Å². The Morgan fingerprint density at radius 1 is 0.562 bits per heavy atom. The predicted octanol–water partition coefficient (Wildman–Crippen LogP) is -6.43. The fourth-order valence-electron chi connectivity index (χ4n) is 8.94. The van der Waals surface area contributed by atoms with Gasteiger partial charge in [-0.3, -0.25) is 76.7 Å². The summed E-state index contributed by atoms with van der Waals surface area (Å²) in [7, 11) is 0. The number of nitrogens with two attached hydrogens (primary N) is 2. The van der Waals surface area contributed by atoms with Gasteiger partial charge in [0.1, 0.15) is 60.1 Å². The highest BCUT2D eigenvalue weighted by molar-refractivity contribution is 6.38. The fourth-order valence-corrected chi connectivity index (χ4v) is 8.94. The number of primary amides is 2. The zero-order valence-electron chi connectivity index (χ0n) is 50.2. The summed E-state index contributed by atoms with van der Waals surface area (Å²) in [6.45, 7) is 5.93. The Hall–Kier alpha value is -9.34. The summed E-state index contributed by atoms with van der Waals surface area (Å²) in [6.07, 6.45) is -2.95. The fraction of sp³-hybridized carbons (Fsp3) is 0.600. The quantitative estimate of drug-likeness (QED) is 0.0273.